The zero-order chi connectivity index (χ0) is 16.2. The van der Waals surface area contributed by atoms with Crippen molar-refractivity contribution >= 4 is 28.7 Å². The van der Waals surface area contributed by atoms with E-state index in [9.17, 15) is 4.79 Å². The molecule has 0 radical (unpaired) electrons. The van der Waals surface area contributed by atoms with Crippen LogP contribution in [-0.4, -0.2) is 34.8 Å². The smallest absolute Gasteiger partial charge is 0.230 e. The fourth-order valence-electron chi connectivity index (χ4n) is 3.07. The van der Waals surface area contributed by atoms with E-state index in [4.69, 9.17) is 4.74 Å². The maximum atomic E-state index is 12.2. The van der Waals surface area contributed by atoms with Gasteiger partial charge in [0.25, 0.3) is 0 Å². The van der Waals surface area contributed by atoms with Crippen LogP contribution in [0.15, 0.2) is 23.4 Å². The second kappa shape index (κ2) is 7.25. The lowest BCUT2D eigenvalue weighted by molar-refractivity contribution is -0.119. The van der Waals surface area contributed by atoms with Gasteiger partial charge in [-0.3, -0.25) is 4.79 Å². The highest BCUT2D eigenvalue weighted by Gasteiger charge is 2.22. The highest BCUT2D eigenvalue weighted by atomic mass is 32.2. The Balaban J connectivity index is 1.56. The molecule has 0 aliphatic heterocycles. The molecule has 5 nitrogen and oxygen atoms in total. The molecule has 0 bridgehead atoms. The van der Waals surface area contributed by atoms with E-state index in [1.54, 1.807) is 7.11 Å². The number of imidazole rings is 1. The van der Waals surface area contributed by atoms with E-state index in [-0.39, 0.29) is 5.91 Å². The third kappa shape index (κ3) is 3.99. The topological polar surface area (TPSA) is 67.0 Å². The van der Waals surface area contributed by atoms with Crippen molar-refractivity contribution in [3.8, 4) is 5.75 Å². The van der Waals surface area contributed by atoms with Crippen molar-refractivity contribution < 1.29 is 9.53 Å². The number of carbonyl (C=O) groups is 1. The van der Waals surface area contributed by atoms with Crippen LogP contribution < -0.4 is 10.1 Å². The van der Waals surface area contributed by atoms with Gasteiger partial charge in [-0.05, 0) is 30.9 Å². The third-order valence-corrected chi connectivity index (χ3v) is 5.34. The van der Waals surface area contributed by atoms with Gasteiger partial charge in [-0.1, -0.05) is 31.5 Å². The van der Waals surface area contributed by atoms with Gasteiger partial charge in [0.15, 0.2) is 5.16 Å². The minimum Gasteiger partial charge on any atom is -0.497 e. The van der Waals surface area contributed by atoms with Crippen LogP contribution in [0.3, 0.4) is 0 Å². The molecule has 1 aromatic carbocycles. The number of methoxy groups -OCH3 is 1. The summed E-state index contributed by atoms with van der Waals surface area (Å²) in [4.78, 5) is 19.9. The number of benzene rings is 1. The molecule has 3 rings (SSSR count). The summed E-state index contributed by atoms with van der Waals surface area (Å²) < 4.78 is 5.21. The summed E-state index contributed by atoms with van der Waals surface area (Å²) >= 11 is 1.44. The first-order valence-corrected chi connectivity index (χ1v) is 9.10. The molecule has 2 N–H and O–H groups in total. The van der Waals surface area contributed by atoms with Gasteiger partial charge < -0.3 is 15.0 Å². The number of thioether (sulfide) groups is 1. The van der Waals surface area contributed by atoms with Gasteiger partial charge in [0.2, 0.25) is 5.91 Å². The van der Waals surface area contributed by atoms with Crippen LogP contribution in [0.5, 0.6) is 5.75 Å². The summed E-state index contributed by atoms with van der Waals surface area (Å²) in [5.41, 5.74) is 1.81. The first-order valence-electron chi connectivity index (χ1n) is 8.11. The van der Waals surface area contributed by atoms with Crippen LogP contribution >= 0.6 is 11.8 Å². The molecule has 23 heavy (non-hydrogen) atoms. The second-order valence-corrected chi connectivity index (χ2v) is 7.11. The maximum absolute atomic E-state index is 12.2. The van der Waals surface area contributed by atoms with Crippen molar-refractivity contribution in [2.24, 2.45) is 5.92 Å². The first kappa shape index (κ1) is 16.2. The van der Waals surface area contributed by atoms with Crippen molar-refractivity contribution in [2.75, 3.05) is 12.9 Å². The van der Waals surface area contributed by atoms with Gasteiger partial charge in [0.1, 0.15) is 5.75 Å². The van der Waals surface area contributed by atoms with Gasteiger partial charge in [-0.25, -0.2) is 4.98 Å². The normalized spacial score (nSPS) is 21.3. The van der Waals surface area contributed by atoms with Crippen molar-refractivity contribution in [1.82, 2.24) is 15.3 Å². The minimum atomic E-state index is 0.0896. The highest BCUT2D eigenvalue weighted by Crippen LogP contribution is 2.25. The van der Waals surface area contributed by atoms with E-state index < -0.39 is 0 Å². The van der Waals surface area contributed by atoms with E-state index in [1.165, 1.54) is 31.0 Å². The zero-order valence-corrected chi connectivity index (χ0v) is 14.4. The average molecular weight is 333 g/mol. The summed E-state index contributed by atoms with van der Waals surface area (Å²) in [6.07, 6.45) is 4.81. The van der Waals surface area contributed by atoms with Crippen LogP contribution in [0, 0.1) is 5.92 Å². The van der Waals surface area contributed by atoms with Crippen LogP contribution in [-0.2, 0) is 4.79 Å². The molecule has 124 valence electrons. The standard InChI is InChI=1S/C17H23N3O2S/c1-11-5-3-4-6-13(11)18-16(21)10-23-17-19-14-8-7-12(22-2)9-15(14)20-17/h7-9,11,13H,3-6,10H2,1-2H3,(H,18,21)(H,19,20)/t11-,13+/m0/s1. The lowest BCUT2D eigenvalue weighted by Crippen LogP contribution is -2.41. The molecule has 0 unspecified atom stereocenters. The zero-order valence-electron chi connectivity index (χ0n) is 13.6. The summed E-state index contributed by atoms with van der Waals surface area (Å²) in [6, 6.07) is 6.04. The number of aromatic nitrogens is 2. The predicted molar refractivity (Wildman–Crippen MR) is 92.9 cm³/mol. The molecule has 6 heteroatoms. The molecule has 1 saturated carbocycles. The number of hydrogen-bond acceptors (Lipinski definition) is 4. The fraction of sp³-hybridized carbons (Fsp3) is 0.529. The van der Waals surface area contributed by atoms with Crippen molar-refractivity contribution in [1.29, 1.82) is 0 Å². The number of aromatic amines is 1. The van der Waals surface area contributed by atoms with Crippen LogP contribution in [0.4, 0.5) is 0 Å². The quantitative estimate of drug-likeness (QED) is 0.824. The highest BCUT2D eigenvalue weighted by molar-refractivity contribution is 7.99. The Morgan fingerprint density at radius 1 is 1.43 bits per heavy atom. The number of nitrogens with one attached hydrogen (secondary N) is 2. The number of rotatable bonds is 5. The van der Waals surface area contributed by atoms with Gasteiger partial charge in [0.05, 0.1) is 23.9 Å². The number of nitrogens with zero attached hydrogens (tertiary/aromatic N) is 1. The molecular weight excluding hydrogens is 310 g/mol. The molecule has 1 fully saturated rings. The van der Waals surface area contributed by atoms with Crippen LogP contribution in [0.2, 0.25) is 0 Å². The average Bonchev–Trinajstić information content (AvgIpc) is 2.97. The Morgan fingerprint density at radius 2 is 2.26 bits per heavy atom. The maximum Gasteiger partial charge on any atom is 0.230 e. The Kier molecular flexibility index (Phi) is 5.10. The largest absolute Gasteiger partial charge is 0.497 e. The van der Waals surface area contributed by atoms with E-state index in [1.807, 2.05) is 18.2 Å². The lowest BCUT2D eigenvalue weighted by atomic mass is 9.86. The number of H-pyrrole nitrogens is 1. The third-order valence-electron chi connectivity index (χ3n) is 4.47. The summed E-state index contributed by atoms with van der Waals surface area (Å²) in [5, 5.41) is 3.93. The Labute approximate surface area is 140 Å². The fourth-order valence-corrected chi connectivity index (χ4v) is 3.77. The van der Waals surface area contributed by atoms with Crippen molar-refractivity contribution in [3.63, 3.8) is 0 Å². The molecule has 2 atom stereocenters. The monoisotopic (exact) mass is 333 g/mol. The summed E-state index contributed by atoms with van der Waals surface area (Å²) in [7, 11) is 1.64. The second-order valence-electron chi connectivity index (χ2n) is 6.15. The predicted octanol–water partition coefficient (Wildman–Crippen LogP) is 3.36. The van der Waals surface area contributed by atoms with Gasteiger partial charge in [0, 0.05) is 12.1 Å². The van der Waals surface area contributed by atoms with Crippen LogP contribution in [0.1, 0.15) is 32.6 Å². The molecule has 0 spiro atoms. The Hall–Kier alpha value is -1.69. The number of ether oxygens (including phenoxy) is 1. The Morgan fingerprint density at radius 3 is 3.04 bits per heavy atom. The van der Waals surface area contributed by atoms with Gasteiger partial charge in [-0.15, -0.1) is 0 Å². The SMILES string of the molecule is COc1ccc2nc(SCC(=O)N[C@@H]3CCCC[C@@H]3C)[nH]c2c1. The van der Waals surface area contributed by atoms with Crippen LogP contribution in [0.25, 0.3) is 11.0 Å². The van der Waals surface area contributed by atoms with E-state index in [0.717, 1.165) is 28.4 Å². The molecule has 0 saturated heterocycles. The van der Waals surface area contributed by atoms with Gasteiger partial charge in [-0.2, -0.15) is 0 Å². The molecule has 1 heterocycles. The number of carbonyl (C=O) groups excluding carboxylic acids is 1. The molecule has 1 aliphatic carbocycles. The number of hydrogen-bond donors (Lipinski definition) is 2. The molecule has 1 amide bonds. The summed E-state index contributed by atoms with van der Waals surface area (Å²) in [5.74, 6) is 1.85. The number of fused-ring (bicyclic) bond motifs is 1. The molecule has 1 aliphatic rings. The van der Waals surface area contributed by atoms with E-state index in [0.29, 0.717) is 17.7 Å². The Bertz CT molecular complexity index is 686. The van der Waals surface area contributed by atoms with Gasteiger partial charge >= 0.3 is 0 Å². The van der Waals surface area contributed by atoms with Crippen molar-refractivity contribution in [3.05, 3.63) is 18.2 Å². The first-order chi connectivity index (χ1) is 11.2. The molecular formula is C17H23N3O2S. The summed E-state index contributed by atoms with van der Waals surface area (Å²) in [6.45, 7) is 2.23. The minimum absolute atomic E-state index is 0.0896. The molecule has 1 aromatic heterocycles. The number of amides is 1. The lowest BCUT2D eigenvalue weighted by Gasteiger charge is -2.29. The van der Waals surface area contributed by atoms with E-state index >= 15 is 0 Å². The van der Waals surface area contributed by atoms with Crippen molar-refractivity contribution in [2.45, 2.75) is 43.8 Å². The van der Waals surface area contributed by atoms with E-state index in [2.05, 4.69) is 22.2 Å². The molecule has 2 aromatic rings.